The van der Waals surface area contributed by atoms with Crippen molar-refractivity contribution in [3.8, 4) is 0 Å². The Labute approximate surface area is 116 Å². The molecule has 6 nitrogen and oxygen atoms in total. The number of carbonyl (C=O) groups excluding carboxylic acids is 1. The highest BCUT2D eigenvalue weighted by molar-refractivity contribution is 5.95. The number of fused-ring (bicyclic) bond motifs is 1. The summed E-state index contributed by atoms with van der Waals surface area (Å²) < 4.78 is 4.96. The predicted molar refractivity (Wildman–Crippen MR) is 73.3 cm³/mol. The van der Waals surface area contributed by atoms with E-state index in [9.17, 15) is 4.79 Å². The van der Waals surface area contributed by atoms with Crippen molar-refractivity contribution >= 4 is 47.5 Å². The molecule has 1 amide bonds. The van der Waals surface area contributed by atoms with Crippen LogP contribution in [0.3, 0.4) is 0 Å². The van der Waals surface area contributed by atoms with E-state index in [-0.39, 0.29) is 30.7 Å². The molecule has 18 heavy (non-hydrogen) atoms. The fraction of sp³-hybridized carbons (Fsp3) is 0.300. The molecule has 0 spiro atoms. The summed E-state index contributed by atoms with van der Waals surface area (Å²) in [5.41, 5.74) is 7.22. The predicted octanol–water partition coefficient (Wildman–Crippen LogP) is 1.66. The molecule has 0 aliphatic rings. The number of pyridine rings is 1. The Morgan fingerprint density at radius 3 is 2.78 bits per heavy atom. The van der Waals surface area contributed by atoms with Gasteiger partial charge in [-0.15, -0.1) is 24.8 Å². The quantitative estimate of drug-likeness (QED) is 0.878. The molecule has 0 aliphatic carbocycles. The van der Waals surface area contributed by atoms with Crippen LogP contribution in [-0.2, 0) is 4.79 Å². The smallest absolute Gasteiger partial charge is 0.258 e. The maximum atomic E-state index is 11.4. The van der Waals surface area contributed by atoms with E-state index in [2.05, 4.69) is 15.5 Å². The number of hydrogen-bond acceptors (Lipinski definition) is 5. The van der Waals surface area contributed by atoms with Gasteiger partial charge >= 0.3 is 0 Å². The Balaban J connectivity index is 0.00000144. The van der Waals surface area contributed by atoms with E-state index >= 15 is 0 Å². The van der Waals surface area contributed by atoms with E-state index in [1.165, 1.54) is 6.20 Å². The highest BCUT2D eigenvalue weighted by atomic mass is 35.5. The first-order valence-electron chi connectivity index (χ1n) is 4.86. The molecule has 2 rings (SSSR count). The summed E-state index contributed by atoms with van der Waals surface area (Å²) in [5.74, 6) is -0.254. The van der Waals surface area contributed by atoms with Crippen molar-refractivity contribution in [3.05, 3.63) is 18.0 Å². The van der Waals surface area contributed by atoms with Crippen LogP contribution in [0.15, 0.2) is 16.8 Å². The summed E-state index contributed by atoms with van der Waals surface area (Å²) in [6.07, 6.45) is 1.51. The zero-order valence-corrected chi connectivity index (χ0v) is 11.5. The number of amides is 1. The normalized spacial score (nSPS) is 11.3. The number of nitrogens with one attached hydrogen (secondary N) is 1. The molecule has 0 unspecified atom stereocenters. The summed E-state index contributed by atoms with van der Waals surface area (Å²) in [5, 5.41) is 7.21. The van der Waals surface area contributed by atoms with Crippen molar-refractivity contribution in [3.63, 3.8) is 0 Å². The van der Waals surface area contributed by atoms with Gasteiger partial charge in [0.25, 0.3) is 5.71 Å². The second-order valence-corrected chi connectivity index (χ2v) is 3.62. The van der Waals surface area contributed by atoms with Crippen molar-refractivity contribution < 1.29 is 9.32 Å². The topological polar surface area (TPSA) is 94.0 Å². The van der Waals surface area contributed by atoms with Gasteiger partial charge in [-0.05, 0) is 19.9 Å². The van der Waals surface area contributed by atoms with Gasteiger partial charge in [0.05, 0.1) is 29.0 Å². The van der Waals surface area contributed by atoms with Crippen LogP contribution in [0.2, 0.25) is 0 Å². The van der Waals surface area contributed by atoms with Crippen LogP contribution in [0.5, 0.6) is 0 Å². The summed E-state index contributed by atoms with van der Waals surface area (Å²) in [7, 11) is 0. The molecule has 0 fully saturated rings. The zero-order chi connectivity index (χ0) is 11.7. The molecule has 3 N–H and O–H groups in total. The van der Waals surface area contributed by atoms with E-state index < -0.39 is 6.04 Å². The minimum absolute atomic E-state index is 0. The second kappa shape index (κ2) is 6.53. The summed E-state index contributed by atoms with van der Waals surface area (Å²) >= 11 is 0. The number of carbonyl (C=O) groups is 1. The van der Waals surface area contributed by atoms with Crippen LogP contribution >= 0.6 is 24.8 Å². The third-order valence-electron chi connectivity index (χ3n) is 2.19. The summed E-state index contributed by atoms with van der Waals surface area (Å²) in [6.45, 7) is 3.43. The number of aryl methyl sites for hydroxylation is 1. The van der Waals surface area contributed by atoms with Crippen LogP contribution in [0.4, 0.5) is 5.69 Å². The standard InChI is InChI=1S/C10H12N4O2.2ClH/c1-5(11)9(15)13-7-3-8-6(2)14-16-10(8)12-4-7;;/h3-5H,11H2,1-2H3,(H,13,15);2*1H/t5-;;/m1../s1. The van der Waals surface area contributed by atoms with Gasteiger partial charge < -0.3 is 15.6 Å². The molecular formula is C10H14Cl2N4O2. The van der Waals surface area contributed by atoms with Gasteiger partial charge in [-0.25, -0.2) is 4.98 Å². The molecule has 0 aromatic carbocycles. The third kappa shape index (κ3) is 3.32. The average Bonchev–Trinajstić information content (AvgIpc) is 2.60. The van der Waals surface area contributed by atoms with Gasteiger partial charge in [0, 0.05) is 0 Å². The van der Waals surface area contributed by atoms with Crippen LogP contribution in [0, 0.1) is 6.92 Å². The Kier molecular flexibility index (Phi) is 6.04. The van der Waals surface area contributed by atoms with Crippen LogP contribution in [0.1, 0.15) is 12.6 Å². The first kappa shape index (κ1) is 16.6. The summed E-state index contributed by atoms with van der Waals surface area (Å²) in [6, 6.07) is 1.20. The maximum absolute atomic E-state index is 11.4. The molecular weight excluding hydrogens is 279 g/mol. The third-order valence-corrected chi connectivity index (χ3v) is 2.19. The lowest BCUT2D eigenvalue weighted by molar-refractivity contribution is -0.117. The minimum atomic E-state index is -0.556. The first-order valence-corrected chi connectivity index (χ1v) is 4.86. The highest BCUT2D eigenvalue weighted by Crippen LogP contribution is 2.19. The molecule has 2 aromatic heterocycles. The lowest BCUT2D eigenvalue weighted by atomic mass is 10.2. The molecule has 8 heteroatoms. The van der Waals surface area contributed by atoms with E-state index in [4.69, 9.17) is 10.3 Å². The number of aromatic nitrogens is 2. The van der Waals surface area contributed by atoms with Crippen molar-refractivity contribution in [1.29, 1.82) is 0 Å². The van der Waals surface area contributed by atoms with Crippen molar-refractivity contribution in [2.24, 2.45) is 5.73 Å². The van der Waals surface area contributed by atoms with E-state index in [1.54, 1.807) is 13.0 Å². The van der Waals surface area contributed by atoms with Gasteiger partial charge in [-0.2, -0.15) is 0 Å². The fourth-order valence-corrected chi connectivity index (χ4v) is 1.27. The Morgan fingerprint density at radius 2 is 2.17 bits per heavy atom. The fourth-order valence-electron chi connectivity index (χ4n) is 1.27. The number of hydrogen-bond donors (Lipinski definition) is 2. The molecule has 0 saturated carbocycles. The summed E-state index contributed by atoms with van der Waals surface area (Å²) in [4.78, 5) is 15.4. The molecule has 0 saturated heterocycles. The Morgan fingerprint density at radius 1 is 1.50 bits per heavy atom. The van der Waals surface area contributed by atoms with Crippen molar-refractivity contribution in [2.75, 3.05) is 5.32 Å². The lowest BCUT2D eigenvalue weighted by Crippen LogP contribution is -2.32. The van der Waals surface area contributed by atoms with Crippen molar-refractivity contribution in [1.82, 2.24) is 10.1 Å². The number of halogens is 2. The van der Waals surface area contributed by atoms with Gasteiger partial charge in [-0.1, -0.05) is 5.16 Å². The van der Waals surface area contributed by atoms with Crippen molar-refractivity contribution in [2.45, 2.75) is 19.9 Å². The molecule has 0 aliphatic heterocycles. The van der Waals surface area contributed by atoms with Gasteiger partial charge in [-0.3, -0.25) is 4.79 Å². The minimum Gasteiger partial charge on any atom is -0.336 e. The monoisotopic (exact) mass is 292 g/mol. The largest absolute Gasteiger partial charge is 0.336 e. The number of anilines is 1. The SMILES string of the molecule is Cc1noc2ncc(NC(=O)[C@@H](C)N)cc12.Cl.Cl. The molecule has 1 atom stereocenters. The van der Waals surface area contributed by atoms with E-state index in [0.29, 0.717) is 11.4 Å². The van der Waals surface area contributed by atoms with E-state index in [1.807, 2.05) is 6.92 Å². The van der Waals surface area contributed by atoms with E-state index in [0.717, 1.165) is 11.1 Å². The molecule has 0 radical (unpaired) electrons. The average molecular weight is 293 g/mol. The Hall–Kier alpha value is -1.37. The van der Waals surface area contributed by atoms with Gasteiger partial charge in [0.15, 0.2) is 0 Å². The van der Waals surface area contributed by atoms with Crippen LogP contribution < -0.4 is 11.1 Å². The van der Waals surface area contributed by atoms with Crippen LogP contribution in [-0.4, -0.2) is 22.1 Å². The molecule has 0 bridgehead atoms. The van der Waals surface area contributed by atoms with Crippen LogP contribution in [0.25, 0.3) is 11.1 Å². The first-order chi connectivity index (χ1) is 7.58. The van der Waals surface area contributed by atoms with Gasteiger partial charge in [0.1, 0.15) is 0 Å². The molecule has 100 valence electrons. The second-order valence-electron chi connectivity index (χ2n) is 3.62. The maximum Gasteiger partial charge on any atom is 0.258 e. The number of nitrogens with two attached hydrogens (primary N) is 1. The molecule has 2 aromatic rings. The lowest BCUT2D eigenvalue weighted by Gasteiger charge is -2.06. The molecule has 2 heterocycles. The zero-order valence-electron chi connectivity index (χ0n) is 9.84. The van der Waals surface area contributed by atoms with Gasteiger partial charge in [0.2, 0.25) is 5.91 Å². The highest BCUT2D eigenvalue weighted by Gasteiger charge is 2.10. The number of nitrogens with zero attached hydrogens (tertiary/aromatic N) is 2. The number of rotatable bonds is 2. The Bertz CT molecular complexity index is 542.